The smallest absolute Gasteiger partial charge is 0.271 e. The van der Waals surface area contributed by atoms with E-state index in [1.165, 1.54) is 29.5 Å². The van der Waals surface area contributed by atoms with E-state index in [9.17, 15) is 17.6 Å². The van der Waals surface area contributed by atoms with Crippen LogP contribution in [0, 0.1) is 11.6 Å². The van der Waals surface area contributed by atoms with E-state index in [1.807, 2.05) is 4.90 Å². The Morgan fingerprint density at radius 1 is 1.07 bits per heavy atom. The minimum absolute atomic E-state index is 0.0597. The highest BCUT2D eigenvalue weighted by Crippen LogP contribution is 2.51. The number of hydrogen-bond acceptors (Lipinski definition) is 5. The van der Waals surface area contributed by atoms with Gasteiger partial charge in [-0.25, -0.2) is 17.6 Å². The number of nitrogens with zero attached hydrogens (tertiary/aromatic N) is 2. The molecule has 1 aliphatic heterocycles. The molecule has 1 saturated heterocycles. The molecule has 5 aromatic rings. The highest BCUT2D eigenvalue weighted by Gasteiger charge is 2.32. The highest BCUT2D eigenvalue weighted by molar-refractivity contribution is 7.23. The molecule has 0 unspecified atom stereocenters. The van der Waals surface area contributed by atoms with Gasteiger partial charge >= 0.3 is 0 Å². The maximum Gasteiger partial charge on any atom is 0.271 e. The first-order chi connectivity index (χ1) is 19.2. The van der Waals surface area contributed by atoms with Crippen LogP contribution >= 0.6 is 11.3 Å². The standard InChI is InChI=1S/C29H24F5N3O2S/c1-29(33,34)22-11-16(31)3-5-19(22)28-26(20-6-7-24-21(13-35-36-24)27(20)40-28)39-17-4-8-25(23(32)12-17)38-18-14-37(15-18)10-2-9-30/h3-8,11-13,18H,2,9-10,14-15H2,1H3,(H,35,36). The molecular weight excluding hydrogens is 549 g/mol. The number of alkyl halides is 3. The minimum Gasteiger partial charge on any atom is -0.485 e. The van der Waals surface area contributed by atoms with Crippen LogP contribution in [-0.4, -0.2) is 47.5 Å². The van der Waals surface area contributed by atoms with Crippen LogP contribution < -0.4 is 9.47 Å². The van der Waals surface area contributed by atoms with E-state index in [0.29, 0.717) is 43.2 Å². The third kappa shape index (κ3) is 4.99. The van der Waals surface area contributed by atoms with Crippen LogP contribution in [0.15, 0.2) is 54.7 Å². The molecule has 11 heteroatoms. The van der Waals surface area contributed by atoms with Gasteiger partial charge in [0, 0.05) is 59.2 Å². The van der Waals surface area contributed by atoms with Gasteiger partial charge in [-0.1, -0.05) is 6.07 Å². The number of halogens is 5. The number of H-pyrrole nitrogens is 1. The number of likely N-dealkylation sites (tertiary alicyclic amines) is 1. The summed E-state index contributed by atoms with van der Waals surface area (Å²) in [5.41, 5.74) is 0.381. The van der Waals surface area contributed by atoms with Crippen molar-refractivity contribution in [1.82, 2.24) is 15.1 Å². The molecule has 208 valence electrons. The van der Waals surface area contributed by atoms with Gasteiger partial charge in [-0.3, -0.25) is 14.4 Å². The maximum absolute atomic E-state index is 15.0. The van der Waals surface area contributed by atoms with Crippen molar-refractivity contribution in [3.63, 3.8) is 0 Å². The Labute approximate surface area is 230 Å². The zero-order chi connectivity index (χ0) is 28.0. The molecular formula is C29H24F5N3O2S. The summed E-state index contributed by atoms with van der Waals surface area (Å²) < 4.78 is 83.4. The Morgan fingerprint density at radius 3 is 2.65 bits per heavy atom. The Hall–Kier alpha value is -3.70. The fraction of sp³-hybridized carbons (Fsp3) is 0.276. The third-order valence-electron chi connectivity index (χ3n) is 6.88. The number of aromatic amines is 1. The average Bonchev–Trinajstić information content (AvgIpc) is 3.51. The first-order valence-corrected chi connectivity index (χ1v) is 13.5. The molecule has 0 radical (unpaired) electrons. The second kappa shape index (κ2) is 10.4. The lowest BCUT2D eigenvalue weighted by atomic mass is 10.00. The fourth-order valence-electron chi connectivity index (χ4n) is 4.91. The van der Waals surface area contributed by atoms with Crippen molar-refractivity contribution in [2.45, 2.75) is 25.4 Å². The van der Waals surface area contributed by atoms with Crippen LogP contribution in [0.2, 0.25) is 0 Å². The summed E-state index contributed by atoms with van der Waals surface area (Å²) >= 11 is 1.21. The molecule has 3 heterocycles. The normalized spacial score (nSPS) is 14.7. The highest BCUT2D eigenvalue weighted by atomic mass is 32.1. The lowest BCUT2D eigenvalue weighted by Crippen LogP contribution is -2.54. The average molecular weight is 574 g/mol. The molecule has 5 nitrogen and oxygen atoms in total. The van der Waals surface area contributed by atoms with Gasteiger partial charge in [0.25, 0.3) is 5.92 Å². The lowest BCUT2D eigenvalue weighted by Gasteiger charge is -2.38. The Bertz CT molecular complexity index is 1690. The van der Waals surface area contributed by atoms with Gasteiger partial charge in [-0.15, -0.1) is 11.3 Å². The summed E-state index contributed by atoms with van der Waals surface area (Å²) in [5.74, 6) is -4.30. The number of rotatable bonds is 9. The topological polar surface area (TPSA) is 50.4 Å². The summed E-state index contributed by atoms with van der Waals surface area (Å²) in [6.07, 6.45) is 1.89. The van der Waals surface area contributed by atoms with Crippen LogP contribution in [-0.2, 0) is 5.92 Å². The number of nitrogens with one attached hydrogen (secondary N) is 1. The predicted molar refractivity (Wildman–Crippen MR) is 144 cm³/mol. The largest absolute Gasteiger partial charge is 0.485 e. The van der Waals surface area contributed by atoms with Gasteiger partial charge in [0.1, 0.15) is 17.7 Å². The number of aromatic nitrogens is 2. The second-order valence-corrected chi connectivity index (χ2v) is 10.9. The fourth-order valence-corrected chi connectivity index (χ4v) is 6.19. The number of fused-ring (bicyclic) bond motifs is 3. The van der Waals surface area contributed by atoms with E-state index >= 15 is 4.39 Å². The number of thiophene rings is 1. The number of ether oxygens (including phenoxy) is 2. The molecule has 0 bridgehead atoms. The SMILES string of the molecule is CC(F)(F)c1cc(F)ccc1-c1sc2c(ccc3[nH]ncc32)c1Oc1ccc(OC2CN(CCCF)C2)c(F)c1. The second-order valence-electron chi connectivity index (χ2n) is 9.85. The van der Waals surface area contributed by atoms with E-state index < -0.39 is 23.1 Å². The molecule has 0 atom stereocenters. The zero-order valence-electron chi connectivity index (χ0n) is 21.3. The summed E-state index contributed by atoms with van der Waals surface area (Å²) in [7, 11) is 0. The third-order valence-corrected chi connectivity index (χ3v) is 8.13. The lowest BCUT2D eigenvalue weighted by molar-refractivity contribution is 0.0161. The van der Waals surface area contributed by atoms with Crippen molar-refractivity contribution < 1.29 is 31.4 Å². The summed E-state index contributed by atoms with van der Waals surface area (Å²) in [5, 5.41) is 8.35. The van der Waals surface area contributed by atoms with Crippen LogP contribution in [0.5, 0.6) is 17.2 Å². The van der Waals surface area contributed by atoms with Gasteiger partial charge < -0.3 is 9.47 Å². The molecule has 1 N–H and O–H groups in total. The predicted octanol–water partition coefficient (Wildman–Crippen LogP) is 8.05. The van der Waals surface area contributed by atoms with Gasteiger partial charge in [-0.2, -0.15) is 5.10 Å². The van der Waals surface area contributed by atoms with Crippen molar-refractivity contribution in [1.29, 1.82) is 0 Å². The van der Waals surface area contributed by atoms with E-state index in [0.717, 1.165) is 27.7 Å². The number of hydrogen-bond donors (Lipinski definition) is 1. The first kappa shape index (κ1) is 26.5. The van der Waals surface area contributed by atoms with E-state index in [-0.39, 0.29) is 35.6 Å². The van der Waals surface area contributed by atoms with Crippen molar-refractivity contribution in [2.75, 3.05) is 26.3 Å². The summed E-state index contributed by atoms with van der Waals surface area (Å²) in [6.45, 7) is 2.14. The van der Waals surface area contributed by atoms with Crippen molar-refractivity contribution in [3.8, 4) is 27.7 Å². The van der Waals surface area contributed by atoms with Gasteiger partial charge in [0.05, 0.1) is 23.3 Å². The Morgan fingerprint density at radius 2 is 1.90 bits per heavy atom. The maximum atomic E-state index is 15.0. The molecule has 3 aromatic carbocycles. The monoisotopic (exact) mass is 573 g/mol. The molecule has 0 aliphatic carbocycles. The van der Waals surface area contributed by atoms with E-state index in [2.05, 4.69) is 10.2 Å². The van der Waals surface area contributed by atoms with Gasteiger partial charge in [0.2, 0.25) is 0 Å². The van der Waals surface area contributed by atoms with E-state index in [4.69, 9.17) is 9.47 Å². The summed E-state index contributed by atoms with van der Waals surface area (Å²) in [4.78, 5) is 2.38. The minimum atomic E-state index is -3.33. The molecule has 0 saturated carbocycles. The molecule has 6 rings (SSSR count). The quantitative estimate of drug-likeness (QED) is 0.181. The van der Waals surface area contributed by atoms with Crippen LogP contribution in [0.25, 0.3) is 31.4 Å². The molecule has 40 heavy (non-hydrogen) atoms. The van der Waals surface area contributed by atoms with E-state index in [1.54, 1.807) is 24.4 Å². The Balaban J connectivity index is 1.36. The van der Waals surface area contributed by atoms with Crippen LogP contribution in [0.4, 0.5) is 22.0 Å². The first-order valence-electron chi connectivity index (χ1n) is 12.7. The molecule has 0 amide bonds. The molecule has 1 fully saturated rings. The van der Waals surface area contributed by atoms with Crippen molar-refractivity contribution >= 4 is 32.3 Å². The molecule has 1 aliphatic rings. The van der Waals surface area contributed by atoms with Crippen molar-refractivity contribution in [3.05, 3.63) is 71.9 Å². The number of benzene rings is 3. The van der Waals surface area contributed by atoms with Crippen molar-refractivity contribution in [2.24, 2.45) is 0 Å². The van der Waals surface area contributed by atoms with Crippen LogP contribution in [0.3, 0.4) is 0 Å². The van der Waals surface area contributed by atoms with Crippen LogP contribution in [0.1, 0.15) is 18.9 Å². The molecule has 0 spiro atoms. The summed E-state index contributed by atoms with van der Waals surface area (Å²) in [6, 6.07) is 11.0. The Kier molecular flexibility index (Phi) is 6.87. The zero-order valence-corrected chi connectivity index (χ0v) is 22.1. The van der Waals surface area contributed by atoms with Gasteiger partial charge in [0.15, 0.2) is 17.3 Å². The van der Waals surface area contributed by atoms with Gasteiger partial charge in [-0.05, 0) is 42.8 Å². The molecule has 2 aromatic heterocycles.